The molecule has 49 heavy (non-hydrogen) atoms. The second kappa shape index (κ2) is 16.7. The zero-order chi connectivity index (χ0) is 35.7. The Morgan fingerprint density at radius 3 is 2.59 bits per heavy atom. The second-order valence-corrected chi connectivity index (χ2v) is 14.3. The van der Waals surface area contributed by atoms with Crippen LogP contribution in [0.3, 0.4) is 0 Å². The maximum Gasteiger partial charge on any atom is 0.407 e. The summed E-state index contributed by atoms with van der Waals surface area (Å²) in [6, 6.07) is -1.11. The Kier molecular flexibility index (Phi) is 12.7. The first-order valence-electron chi connectivity index (χ1n) is 14.8. The number of carboxylic acid groups (broad SMARTS) is 2. The lowest BCUT2D eigenvalue weighted by Gasteiger charge is -2.49. The van der Waals surface area contributed by atoms with E-state index in [1.807, 2.05) is 0 Å². The van der Waals surface area contributed by atoms with Gasteiger partial charge in [-0.15, -0.1) is 16.9 Å². The number of nitrogens with one attached hydrogen (secondary N) is 2. The molecule has 2 aromatic heterocycles. The summed E-state index contributed by atoms with van der Waals surface area (Å²) in [5, 5.41) is 39.2. The van der Waals surface area contributed by atoms with Gasteiger partial charge in [-0.3, -0.25) is 14.5 Å². The van der Waals surface area contributed by atoms with Crippen molar-refractivity contribution in [1.82, 2.24) is 45.1 Å². The van der Waals surface area contributed by atoms with Crippen LogP contribution in [0.5, 0.6) is 0 Å². The molecule has 2 aliphatic heterocycles. The number of carbonyl (C=O) groups is 5. The first-order valence-corrected chi connectivity index (χ1v) is 17.6. The Morgan fingerprint density at radius 2 is 1.92 bits per heavy atom. The van der Waals surface area contributed by atoms with E-state index in [2.05, 4.69) is 45.5 Å². The van der Waals surface area contributed by atoms with Gasteiger partial charge in [-0.2, -0.15) is 9.36 Å². The molecule has 4 rings (SSSR count). The van der Waals surface area contributed by atoms with Crippen LogP contribution in [0.25, 0.3) is 0 Å². The number of unbranched alkanes of at least 4 members (excludes halogenated alkanes) is 3. The number of tetrazole rings is 1. The number of carboxylic acids is 2. The number of hydrogen-bond acceptors (Lipinski definition) is 17. The van der Waals surface area contributed by atoms with Crippen LogP contribution < -0.4 is 16.4 Å². The average Bonchev–Trinajstić information content (AvgIpc) is 3.66. The highest BCUT2D eigenvalue weighted by molar-refractivity contribution is 8.01. The minimum atomic E-state index is -1.34. The zero-order valence-electron chi connectivity index (χ0n) is 26.7. The molecule has 6 N–H and O–H groups in total. The van der Waals surface area contributed by atoms with Crippen LogP contribution in [-0.4, -0.2) is 122 Å². The molecule has 23 heteroatoms. The number of β-lactam (4-membered cyclic amide) rings is 1. The highest BCUT2D eigenvalue weighted by Gasteiger charge is 2.54. The lowest BCUT2D eigenvalue weighted by molar-refractivity contribution is -0.150. The zero-order valence-corrected chi connectivity index (χ0v) is 29.1. The quantitative estimate of drug-likeness (QED) is 0.0486. The standard InChI is InChI=1S/C26H35N11O9S3/c1-26(2,3)46-25(44)28-8-6-4-5-7-9-36-24(31-34-35-36)48-12-13-11-47-21-16(20(41)37(21)17(13)22(42)43)29-19(40)15(32-45-10-14(38)39)18-30-23(27)49-33-18/h16,21H,4-12H2,1-3H3,(H,28,44)(H,29,40)(H,38,39)(H,42,43)(H2,27,30,33)/b32-15-/t16?,21-/m1/s1. The molecular formula is C26H35N11O9S3. The predicted octanol–water partition coefficient (Wildman–Crippen LogP) is 0.528. The SMILES string of the molecule is CC(C)(C)OC(=O)NCCCCCCn1nnnc1SCC1=C(C(=O)O)N2C(=O)C(NC(=O)/C(=N\OCC(=O)O)c3nsc(N)n3)[C@H]2SC1. The number of carbonyl (C=O) groups excluding carboxylic acids is 3. The molecule has 1 fully saturated rings. The molecule has 20 nitrogen and oxygen atoms in total. The van der Waals surface area contributed by atoms with Gasteiger partial charge in [-0.05, 0) is 49.6 Å². The fraction of sp³-hybridized carbons (Fsp3) is 0.577. The summed E-state index contributed by atoms with van der Waals surface area (Å²) in [6.07, 6.45) is 2.87. The molecule has 1 saturated heterocycles. The molecule has 0 aromatic carbocycles. The Hall–Kier alpha value is -4.51. The molecule has 0 aliphatic carbocycles. The van der Waals surface area contributed by atoms with Gasteiger partial charge in [-0.25, -0.2) is 19.1 Å². The molecule has 0 saturated carbocycles. The van der Waals surface area contributed by atoms with Crippen molar-refractivity contribution < 1.29 is 43.8 Å². The normalized spacial score (nSPS) is 17.7. The van der Waals surface area contributed by atoms with Crippen molar-refractivity contribution >= 4 is 75.7 Å². The molecule has 0 bridgehead atoms. The number of nitrogens with zero attached hydrogens (tertiary/aromatic N) is 8. The Balaban J connectivity index is 1.30. The number of aryl methyl sites for hydroxylation is 1. The molecular weight excluding hydrogens is 707 g/mol. The van der Waals surface area contributed by atoms with Gasteiger partial charge in [0.25, 0.3) is 11.8 Å². The van der Waals surface area contributed by atoms with Crippen LogP contribution in [-0.2, 0) is 35.3 Å². The maximum absolute atomic E-state index is 13.2. The number of rotatable bonds is 17. The number of ether oxygens (including phenoxy) is 1. The highest BCUT2D eigenvalue weighted by atomic mass is 32.2. The number of thioether (sulfide) groups is 2. The van der Waals surface area contributed by atoms with E-state index in [-0.39, 0.29) is 28.2 Å². The van der Waals surface area contributed by atoms with E-state index >= 15 is 0 Å². The second-order valence-electron chi connectivity index (χ2n) is 11.5. The number of amides is 3. The van der Waals surface area contributed by atoms with Gasteiger partial charge in [0.15, 0.2) is 5.13 Å². The average molecular weight is 742 g/mol. The summed E-state index contributed by atoms with van der Waals surface area (Å²) in [5.74, 6) is -4.01. The van der Waals surface area contributed by atoms with Gasteiger partial charge in [0.2, 0.25) is 23.3 Å². The Morgan fingerprint density at radius 1 is 1.16 bits per heavy atom. The van der Waals surface area contributed by atoms with Crippen LogP contribution in [0.4, 0.5) is 9.93 Å². The Bertz CT molecular complexity index is 1620. The predicted molar refractivity (Wildman–Crippen MR) is 175 cm³/mol. The molecule has 2 aromatic rings. The van der Waals surface area contributed by atoms with E-state index in [1.54, 1.807) is 25.5 Å². The third-order valence-electron chi connectivity index (χ3n) is 6.59. The maximum atomic E-state index is 13.2. The first-order chi connectivity index (χ1) is 23.2. The van der Waals surface area contributed by atoms with E-state index in [4.69, 9.17) is 15.6 Å². The van der Waals surface area contributed by atoms with Gasteiger partial charge < -0.3 is 36.2 Å². The molecule has 4 heterocycles. The van der Waals surface area contributed by atoms with Crippen molar-refractivity contribution in [2.45, 2.75) is 75.2 Å². The van der Waals surface area contributed by atoms with E-state index < -0.39 is 59.2 Å². The van der Waals surface area contributed by atoms with Gasteiger partial charge in [-0.1, -0.05) is 29.8 Å². The lowest BCUT2D eigenvalue weighted by Crippen LogP contribution is -2.71. The summed E-state index contributed by atoms with van der Waals surface area (Å²) in [5.41, 5.74) is 4.85. The van der Waals surface area contributed by atoms with Gasteiger partial charge in [0.1, 0.15) is 22.7 Å². The number of nitrogen functional groups attached to an aromatic ring is 1. The fourth-order valence-corrected chi connectivity index (χ4v) is 7.33. The van der Waals surface area contributed by atoms with E-state index in [0.29, 0.717) is 23.8 Å². The summed E-state index contributed by atoms with van der Waals surface area (Å²) < 4.78 is 10.7. The minimum Gasteiger partial charge on any atom is -0.479 e. The van der Waals surface area contributed by atoms with Crippen molar-refractivity contribution in [1.29, 1.82) is 0 Å². The molecule has 1 unspecified atom stereocenters. The lowest BCUT2D eigenvalue weighted by atomic mass is 10.0. The molecule has 0 radical (unpaired) electrons. The number of hydrogen-bond donors (Lipinski definition) is 5. The number of anilines is 1. The molecule has 0 spiro atoms. The number of aromatic nitrogens is 6. The summed E-state index contributed by atoms with van der Waals surface area (Å²) >= 11 is 3.27. The summed E-state index contributed by atoms with van der Waals surface area (Å²) in [6.45, 7) is 5.61. The number of alkyl carbamates (subject to hydrolysis) is 1. The number of fused-ring (bicyclic) bond motifs is 1. The van der Waals surface area contributed by atoms with Crippen molar-refractivity contribution in [2.75, 3.05) is 30.4 Å². The van der Waals surface area contributed by atoms with Gasteiger partial charge in [0, 0.05) is 36.1 Å². The van der Waals surface area contributed by atoms with Crippen LogP contribution in [0.15, 0.2) is 21.6 Å². The number of nitrogens with two attached hydrogens (primary N) is 1. The third-order valence-corrected chi connectivity index (χ3v) is 9.51. The van der Waals surface area contributed by atoms with Crippen molar-refractivity contribution in [3.63, 3.8) is 0 Å². The van der Waals surface area contributed by atoms with Crippen molar-refractivity contribution in [3.05, 3.63) is 17.1 Å². The molecule has 2 atom stereocenters. The monoisotopic (exact) mass is 741 g/mol. The first kappa shape index (κ1) is 37.3. The van der Waals surface area contributed by atoms with E-state index in [0.717, 1.165) is 42.1 Å². The fourth-order valence-electron chi connectivity index (χ4n) is 4.51. The van der Waals surface area contributed by atoms with Crippen LogP contribution in [0.2, 0.25) is 0 Å². The van der Waals surface area contributed by atoms with E-state index in [1.165, 1.54) is 23.5 Å². The molecule has 3 amide bonds. The Labute approximate surface area is 291 Å². The van der Waals surface area contributed by atoms with Crippen molar-refractivity contribution in [3.8, 4) is 0 Å². The van der Waals surface area contributed by atoms with Crippen LogP contribution in [0, 0.1) is 0 Å². The molecule has 2 aliphatic rings. The van der Waals surface area contributed by atoms with Gasteiger partial charge in [0.05, 0.1) is 0 Å². The summed E-state index contributed by atoms with van der Waals surface area (Å²) in [7, 11) is 0. The number of aliphatic carboxylic acids is 2. The largest absolute Gasteiger partial charge is 0.479 e. The van der Waals surface area contributed by atoms with E-state index in [9.17, 15) is 29.1 Å². The summed E-state index contributed by atoms with van der Waals surface area (Å²) in [4.78, 5) is 70.8. The number of oxime groups is 1. The van der Waals surface area contributed by atoms with Crippen molar-refractivity contribution in [2.24, 2.45) is 5.16 Å². The molecule has 266 valence electrons. The topological polar surface area (TPSA) is 279 Å². The van der Waals surface area contributed by atoms with Crippen LogP contribution >= 0.6 is 35.1 Å². The minimum absolute atomic E-state index is 0.0136. The van der Waals surface area contributed by atoms with Crippen LogP contribution in [0.1, 0.15) is 52.3 Å². The van der Waals surface area contributed by atoms with Gasteiger partial charge >= 0.3 is 18.0 Å². The highest BCUT2D eigenvalue weighted by Crippen LogP contribution is 2.41. The smallest absolute Gasteiger partial charge is 0.407 e. The third kappa shape index (κ3) is 10.2.